The number of nitrogens with one attached hydrogen (secondary N) is 1. The molecular weight excluding hydrogens is 558 g/mol. The van der Waals surface area contributed by atoms with E-state index in [1.54, 1.807) is 17.4 Å². The maximum Gasteiger partial charge on any atom is 0.235 e. The fourth-order valence-corrected chi connectivity index (χ4v) is 6.47. The lowest BCUT2D eigenvalue weighted by Gasteiger charge is -2.15. The summed E-state index contributed by atoms with van der Waals surface area (Å²) in [7, 11) is 0. The summed E-state index contributed by atoms with van der Waals surface area (Å²) in [6.45, 7) is 6.26. The molecule has 2 heterocycles. The van der Waals surface area contributed by atoms with Crippen LogP contribution in [0.2, 0.25) is 0 Å². The Morgan fingerprint density at radius 1 is 1.31 bits per heavy atom. The van der Waals surface area contributed by atoms with E-state index in [0.717, 1.165) is 41.5 Å². The summed E-state index contributed by atoms with van der Waals surface area (Å²) in [5.74, 6) is 1.38. The number of halogens is 1. The summed E-state index contributed by atoms with van der Waals surface area (Å²) in [5, 5.41) is 22.7. The van der Waals surface area contributed by atoms with Crippen molar-refractivity contribution in [3.63, 3.8) is 0 Å². The number of ether oxygens (including phenoxy) is 1. The zero-order valence-electron chi connectivity index (χ0n) is 20.1. The molecule has 0 aliphatic heterocycles. The number of amides is 1. The molecule has 7 nitrogen and oxygen atoms in total. The molecule has 1 amide bonds. The van der Waals surface area contributed by atoms with Crippen LogP contribution in [0.4, 0.5) is 5.00 Å². The summed E-state index contributed by atoms with van der Waals surface area (Å²) in [6.07, 6.45) is 7.95. The number of carbonyl (C=O) groups is 1. The Bertz CT molecular complexity index is 1260. The van der Waals surface area contributed by atoms with Gasteiger partial charge in [0.25, 0.3) is 0 Å². The van der Waals surface area contributed by atoms with Crippen LogP contribution < -0.4 is 10.1 Å². The van der Waals surface area contributed by atoms with Gasteiger partial charge in [-0.3, -0.25) is 9.36 Å². The highest BCUT2D eigenvalue weighted by Gasteiger charge is 2.22. The van der Waals surface area contributed by atoms with Gasteiger partial charge in [-0.05, 0) is 62.4 Å². The van der Waals surface area contributed by atoms with Gasteiger partial charge in [0.1, 0.15) is 16.8 Å². The van der Waals surface area contributed by atoms with Crippen LogP contribution in [0.25, 0.3) is 0 Å². The molecule has 0 saturated carbocycles. The number of aromatic nitrogens is 3. The first-order valence-corrected chi connectivity index (χ1v) is 14.5. The third-order valence-corrected chi connectivity index (χ3v) is 8.62. The molecule has 4 rings (SSSR count). The van der Waals surface area contributed by atoms with Crippen LogP contribution in [-0.4, -0.2) is 26.4 Å². The highest BCUT2D eigenvalue weighted by molar-refractivity contribution is 9.10. The van der Waals surface area contributed by atoms with Crippen molar-refractivity contribution in [3.05, 3.63) is 63.2 Å². The maximum atomic E-state index is 12.8. The van der Waals surface area contributed by atoms with Crippen molar-refractivity contribution in [2.45, 2.75) is 63.3 Å². The van der Waals surface area contributed by atoms with Gasteiger partial charge in [0.15, 0.2) is 17.1 Å². The van der Waals surface area contributed by atoms with E-state index in [1.807, 2.05) is 35.8 Å². The number of aryl methyl sites for hydroxylation is 1. The summed E-state index contributed by atoms with van der Waals surface area (Å²) in [4.78, 5) is 14.1. The lowest BCUT2D eigenvalue weighted by molar-refractivity contribution is -0.113. The minimum absolute atomic E-state index is 0.157. The van der Waals surface area contributed by atoms with Crippen LogP contribution in [0.1, 0.15) is 60.5 Å². The van der Waals surface area contributed by atoms with Crippen molar-refractivity contribution >= 4 is 49.9 Å². The number of allylic oxidation sites excluding steroid dienone is 1. The van der Waals surface area contributed by atoms with Crippen LogP contribution in [0, 0.1) is 11.3 Å². The van der Waals surface area contributed by atoms with Crippen molar-refractivity contribution < 1.29 is 9.53 Å². The van der Waals surface area contributed by atoms with Gasteiger partial charge in [-0.25, -0.2) is 0 Å². The predicted octanol–water partition coefficient (Wildman–Crippen LogP) is 6.69. The molecule has 3 aromatic rings. The average Bonchev–Trinajstić information content (AvgIpc) is 3.39. The third kappa shape index (κ3) is 6.38. The first kappa shape index (κ1) is 26.5. The Labute approximate surface area is 228 Å². The second-order valence-electron chi connectivity index (χ2n) is 8.52. The molecule has 36 heavy (non-hydrogen) atoms. The molecule has 1 aromatic carbocycles. The topological polar surface area (TPSA) is 92.8 Å². The number of carbonyl (C=O) groups excluding carboxylic acids is 1. The van der Waals surface area contributed by atoms with E-state index in [9.17, 15) is 10.1 Å². The number of thiophene rings is 1. The number of benzene rings is 1. The van der Waals surface area contributed by atoms with Gasteiger partial charge in [-0.15, -0.1) is 28.1 Å². The molecule has 0 saturated heterocycles. The molecule has 1 N–H and O–H groups in total. The summed E-state index contributed by atoms with van der Waals surface area (Å²) in [5.41, 5.74) is 1.76. The Kier molecular flexibility index (Phi) is 9.24. The monoisotopic (exact) mass is 585 g/mol. The average molecular weight is 587 g/mol. The van der Waals surface area contributed by atoms with Crippen LogP contribution in [0.5, 0.6) is 5.75 Å². The van der Waals surface area contributed by atoms with Crippen LogP contribution in [0.15, 0.2) is 46.5 Å². The first-order chi connectivity index (χ1) is 17.5. The van der Waals surface area contributed by atoms with Crippen LogP contribution >= 0.6 is 39.0 Å². The third-order valence-electron chi connectivity index (χ3n) is 5.92. The predicted molar refractivity (Wildman–Crippen MR) is 148 cm³/mol. The largest absolute Gasteiger partial charge is 0.483 e. The Morgan fingerprint density at radius 2 is 2.06 bits per heavy atom. The van der Waals surface area contributed by atoms with E-state index in [-0.39, 0.29) is 17.8 Å². The normalized spacial score (nSPS) is 14.1. The highest BCUT2D eigenvalue weighted by atomic mass is 79.9. The minimum Gasteiger partial charge on any atom is -0.483 e. The Morgan fingerprint density at radius 3 is 2.78 bits per heavy atom. The number of rotatable bonds is 9. The van der Waals surface area contributed by atoms with Gasteiger partial charge in [0.2, 0.25) is 5.91 Å². The second kappa shape index (κ2) is 12.6. The van der Waals surface area contributed by atoms with Crippen molar-refractivity contribution in [2.24, 2.45) is 0 Å². The van der Waals surface area contributed by atoms with Crippen molar-refractivity contribution in [3.8, 4) is 11.8 Å². The summed E-state index contributed by atoms with van der Waals surface area (Å²) >= 11 is 6.28. The van der Waals surface area contributed by atoms with Crippen molar-refractivity contribution in [2.75, 3.05) is 11.1 Å². The molecule has 1 unspecified atom stereocenters. The van der Waals surface area contributed by atoms with Gasteiger partial charge in [-0.1, -0.05) is 46.6 Å². The van der Waals surface area contributed by atoms with Gasteiger partial charge in [0.05, 0.1) is 11.3 Å². The van der Waals surface area contributed by atoms with E-state index in [1.165, 1.54) is 29.5 Å². The van der Waals surface area contributed by atoms with E-state index >= 15 is 0 Å². The zero-order chi connectivity index (χ0) is 25.5. The molecule has 1 aliphatic carbocycles. The molecule has 0 bridgehead atoms. The number of fused-ring (bicyclic) bond motifs is 1. The first-order valence-electron chi connectivity index (χ1n) is 11.9. The number of nitriles is 1. The van der Waals surface area contributed by atoms with E-state index in [4.69, 9.17) is 4.74 Å². The molecule has 2 aromatic heterocycles. The van der Waals surface area contributed by atoms with E-state index in [2.05, 4.69) is 44.1 Å². The van der Waals surface area contributed by atoms with Crippen molar-refractivity contribution in [1.82, 2.24) is 14.8 Å². The fraction of sp³-hybridized carbons (Fsp3) is 0.385. The number of hydrogen-bond acceptors (Lipinski definition) is 7. The molecule has 1 atom stereocenters. The molecule has 0 spiro atoms. The quantitative estimate of drug-likeness (QED) is 0.222. The smallest absolute Gasteiger partial charge is 0.235 e. The molecular formula is C26H28BrN5O2S2. The van der Waals surface area contributed by atoms with Gasteiger partial charge < -0.3 is 10.1 Å². The lowest BCUT2D eigenvalue weighted by Crippen LogP contribution is -2.15. The molecule has 10 heteroatoms. The van der Waals surface area contributed by atoms with Crippen LogP contribution in [0.3, 0.4) is 0 Å². The Balaban J connectivity index is 1.43. The van der Waals surface area contributed by atoms with Gasteiger partial charge >= 0.3 is 0 Å². The van der Waals surface area contributed by atoms with Gasteiger partial charge in [-0.2, -0.15) is 5.26 Å². The molecule has 0 radical (unpaired) electrons. The second-order valence-corrected chi connectivity index (χ2v) is 11.5. The Hall–Kier alpha value is -2.61. The molecule has 0 fully saturated rings. The zero-order valence-corrected chi connectivity index (χ0v) is 23.3. The lowest BCUT2D eigenvalue weighted by atomic mass is 9.97. The number of nitrogens with zero attached hydrogens (tertiary/aromatic N) is 4. The molecule has 1 aliphatic rings. The van der Waals surface area contributed by atoms with Gasteiger partial charge in [0, 0.05) is 15.9 Å². The van der Waals surface area contributed by atoms with Crippen LogP contribution in [-0.2, 0) is 24.2 Å². The standard InChI is InChI=1S/C26H28BrN5O2S2/c1-3-14-32-24(17(2)34-19-12-10-18(27)11-13-19)30-31-26(32)35-16-23(33)29-25-21(15-28)20-8-6-4-5-7-9-22(20)36-25/h3,10-13,17H,1,4-9,14,16H2,2H3,(H,29,33). The summed E-state index contributed by atoms with van der Waals surface area (Å²) < 4.78 is 8.93. The fourth-order valence-electron chi connectivity index (χ4n) is 4.20. The van der Waals surface area contributed by atoms with E-state index < -0.39 is 0 Å². The maximum absolute atomic E-state index is 12.8. The van der Waals surface area contributed by atoms with E-state index in [0.29, 0.717) is 28.1 Å². The van der Waals surface area contributed by atoms with Crippen molar-refractivity contribution in [1.29, 1.82) is 5.26 Å². The molecule has 188 valence electrons. The number of thioether (sulfide) groups is 1. The number of anilines is 1. The number of hydrogen-bond donors (Lipinski definition) is 1. The highest BCUT2D eigenvalue weighted by Crippen LogP contribution is 2.36. The SMILES string of the molecule is C=CCn1c(SCC(=O)Nc2sc3c(c2C#N)CCCCCC3)nnc1C(C)Oc1ccc(Br)cc1. The summed E-state index contributed by atoms with van der Waals surface area (Å²) in [6, 6.07) is 9.94. The minimum atomic E-state index is -0.342.